The number of hydrogen-bond donors (Lipinski definition) is 2. The number of rotatable bonds is 5. The minimum atomic E-state index is -0.0958. The number of esters is 1. The molecule has 1 amide bonds. The Balaban J connectivity index is 1.79. The monoisotopic (exact) mass is 383 g/mol. The Hall–Kier alpha value is -1.40. The van der Waals surface area contributed by atoms with E-state index in [4.69, 9.17) is 4.74 Å². The fourth-order valence-corrected chi connectivity index (χ4v) is 3.36. The van der Waals surface area contributed by atoms with E-state index in [-0.39, 0.29) is 17.8 Å². The number of carbonyl (C=O) groups is 2. The quantitative estimate of drug-likeness (QED) is 0.758. The Kier molecular flexibility index (Phi) is 6.59. The minimum Gasteiger partial charge on any atom is -0.466 e. The number of hydrogen-bond acceptors (Lipinski definition) is 3. The summed E-state index contributed by atoms with van der Waals surface area (Å²) in [5, 5.41) is 2.97. The van der Waals surface area contributed by atoms with Crippen molar-refractivity contribution in [1.82, 2.24) is 0 Å². The maximum atomic E-state index is 12.2. The number of benzene rings is 1. The van der Waals surface area contributed by atoms with Crippen LogP contribution in [0.4, 0.5) is 5.69 Å². The van der Waals surface area contributed by atoms with Gasteiger partial charge in [-0.15, -0.1) is 0 Å². The number of piperidine rings is 1. The Labute approximate surface area is 145 Å². The highest BCUT2D eigenvalue weighted by Crippen LogP contribution is 2.19. The number of carbonyl (C=O) groups excluding carboxylic acids is 2. The van der Waals surface area contributed by atoms with Crippen molar-refractivity contribution in [2.75, 3.05) is 31.6 Å². The third kappa shape index (κ3) is 5.32. The van der Waals surface area contributed by atoms with Gasteiger partial charge in [-0.25, -0.2) is 0 Å². The normalized spacial score (nSPS) is 20.8. The number of likely N-dealkylation sites (tertiary alicyclic amines) is 1. The molecular weight excluding hydrogens is 360 g/mol. The second kappa shape index (κ2) is 8.45. The molecule has 0 aliphatic carbocycles. The van der Waals surface area contributed by atoms with E-state index in [1.165, 1.54) is 4.90 Å². The maximum absolute atomic E-state index is 12.2. The maximum Gasteiger partial charge on any atom is 0.309 e. The fraction of sp³-hybridized carbons (Fsp3) is 0.529. The van der Waals surface area contributed by atoms with E-state index in [1.54, 1.807) is 0 Å². The van der Waals surface area contributed by atoms with Crippen molar-refractivity contribution in [3.05, 3.63) is 28.2 Å². The van der Waals surface area contributed by atoms with Crippen molar-refractivity contribution in [3.63, 3.8) is 0 Å². The van der Waals surface area contributed by atoms with Gasteiger partial charge in [0.15, 0.2) is 6.54 Å². The Morgan fingerprint density at radius 2 is 2.04 bits per heavy atom. The van der Waals surface area contributed by atoms with E-state index in [2.05, 4.69) is 21.2 Å². The first-order chi connectivity index (χ1) is 11.0. The van der Waals surface area contributed by atoms with Gasteiger partial charge in [0.25, 0.3) is 5.91 Å². The molecule has 1 aromatic rings. The third-order valence-corrected chi connectivity index (χ3v) is 4.68. The van der Waals surface area contributed by atoms with Gasteiger partial charge in [-0.1, -0.05) is 15.9 Å². The van der Waals surface area contributed by atoms with Crippen molar-refractivity contribution < 1.29 is 19.2 Å². The van der Waals surface area contributed by atoms with Crippen molar-refractivity contribution in [2.45, 2.75) is 26.7 Å². The van der Waals surface area contributed by atoms with Crippen LogP contribution < -0.4 is 10.2 Å². The van der Waals surface area contributed by atoms with Gasteiger partial charge < -0.3 is 15.0 Å². The number of aryl methyl sites for hydroxylation is 1. The third-order valence-electron chi connectivity index (χ3n) is 4.19. The lowest BCUT2D eigenvalue weighted by Gasteiger charge is -2.27. The van der Waals surface area contributed by atoms with Gasteiger partial charge in [-0.05, 0) is 37.6 Å². The molecule has 126 valence electrons. The molecule has 0 radical (unpaired) electrons. The van der Waals surface area contributed by atoms with Crippen LogP contribution in [0.2, 0.25) is 0 Å². The van der Waals surface area contributed by atoms with E-state index in [1.807, 2.05) is 32.0 Å². The van der Waals surface area contributed by atoms with Crippen molar-refractivity contribution in [2.24, 2.45) is 5.92 Å². The molecule has 0 spiro atoms. The molecule has 0 bridgehead atoms. The van der Waals surface area contributed by atoms with Crippen LogP contribution in [-0.2, 0) is 14.3 Å². The highest BCUT2D eigenvalue weighted by Gasteiger charge is 2.29. The number of quaternary nitrogens is 1. The lowest BCUT2D eigenvalue weighted by molar-refractivity contribution is -0.897. The van der Waals surface area contributed by atoms with Gasteiger partial charge in [-0.3, -0.25) is 9.59 Å². The number of halogens is 1. The summed E-state index contributed by atoms with van der Waals surface area (Å²) in [7, 11) is 0. The predicted molar refractivity (Wildman–Crippen MR) is 92.4 cm³/mol. The number of anilines is 1. The molecule has 0 atom stereocenters. The van der Waals surface area contributed by atoms with Gasteiger partial charge in [0.1, 0.15) is 0 Å². The molecule has 1 fully saturated rings. The van der Waals surface area contributed by atoms with Crippen LogP contribution in [-0.4, -0.2) is 38.1 Å². The lowest BCUT2D eigenvalue weighted by Crippen LogP contribution is -3.14. The Morgan fingerprint density at radius 3 is 2.65 bits per heavy atom. The zero-order chi connectivity index (χ0) is 16.8. The fourth-order valence-electron chi connectivity index (χ4n) is 2.89. The largest absolute Gasteiger partial charge is 0.466 e. The molecule has 1 aromatic carbocycles. The molecule has 0 aromatic heterocycles. The van der Waals surface area contributed by atoms with Gasteiger partial charge in [0.05, 0.1) is 25.6 Å². The first-order valence-electron chi connectivity index (χ1n) is 8.05. The van der Waals surface area contributed by atoms with Gasteiger partial charge in [-0.2, -0.15) is 0 Å². The molecule has 5 nitrogen and oxygen atoms in total. The highest BCUT2D eigenvalue weighted by molar-refractivity contribution is 9.10. The molecule has 2 N–H and O–H groups in total. The molecule has 0 saturated carbocycles. The average Bonchev–Trinajstić information content (AvgIpc) is 2.51. The van der Waals surface area contributed by atoms with Crippen molar-refractivity contribution >= 4 is 33.5 Å². The molecule has 6 heteroatoms. The summed E-state index contributed by atoms with van der Waals surface area (Å²) in [6.45, 7) is 6.32. The first-order valence-corrected chi connectivity index (χ1v) is 8.85. The minimum absolute atomic E-state index is 0.00419. The van der Waals surface area contributed by atoms with Crippen LogP contribution in [0.25, 0.3) is 0 Å². The van der Waals surface area contributed by atoms with Crippen molar-refractivity contribution in [1.29, 1.82) is 0 Å². The molecule has 1 heterocycles. The summed E-state index contributed by atoms with van der Waals surface area (Å²) in [6.07, 6.45) is 1.58. The first kappa shape index (κ1) is 17.9. The van der Waals surface area contributed by atoms with Crippen LogP contribution >= 0.6 is 15.9 Å². The Bertz CT molecular complexity index is 569. The number of ether oxygens (including phenoxy) is 1. The van der Waals surface area contributed by atoms with E-state index < -0.39 is 0 Å². The van der Waals surface area contributed by atoms with Crippen LogP contribution in [0, 0.1) is 12.8 Å². The Morgan fingerprint density at radius 1 is 1.35 bits per heavy atom. The summed E-state index contributed by atoms with van der Waals surface area (Å²) in [6, 6.07) is 5.80. The molecule has 1 aliphatic rings. The smallest absolute Gasteiger partial charge is 0.309 e. The summed E-state index contributed by atoms with van der Waals surface area (Å²) in [5.74, 6) is -0.0861. The van der Waals surface area contributed by atoms with Crippen LogP contribution in [0.5, 0.6) is 0 Å². The lowest BCUT2D eigenvalue weighted by atomic mass is 9.97. The number of nitrogens with one attached hydrogen (secondary N) is 2. The molecule has 0 unspecified atom stereocenters. The predicted octanol–water partition coefficient (Wildman–Crippen LogP) is 1.55. The second-order valence-corrected chi connectivity index (χ2v) is 6.88. The standard InChI is InChI=1S/C17H23BrN2O3/c1-3-23-17(22)13-6-8-20(9-7-13)11-16(21)19-15-5-4-14(18)10-12(15)2/h4-5,10,13H,3,6-9,11H2,1-2H3,(H,19,21)/p+1. The topological polar surface area (TPSA) is 59.8 Å². The van der Waals surface area contributed by atoms with Gasteiger partial charge in [0.2, 0.25) is 0 Å². The van der Waals surface area contributed by atoms with Gasteiger partial charge >= 0.3 is 5.97 Å². The van der Waals surface area contributed by atoms with Gasteiger partial charge in [0, 0.05) is 23.0 Å². The summed E-state index contributed by atoms with van der Waals surface area (Å²) in [5.41, 5.74) is 1.88. The summed E-state index contributed by atoms with van der Waals surface area (Å²) in [4.78, 5) is 25.1. The summed E-state index contributed by atoms with van der Waals surface area (Å²) < 4.78 is 6.07. The van der Waals surface area contributed by atoms with E-state index in [0.29, 0.717) is 13.2 Å². The average molecular weight is 384 g/mol. The number of amides is 1. The molecule has 1 aliphatic heterocycles. The zero-order valence-electron chi connectivity index (χ0n) is 13.7. The highest BCUT2D eigenvalue weighted by atomic mass is 79.9. The van der Waals surface area contributed by atoms with E-state index in [9.17, 15) is 9.59 Å². The molecule has 23 heavy (non-hydrogen) atoms. The molecule has 1 saturated heterocycles. The van der Waals surface area contributed by atoms with E-state index in [0.717, 1.165) is 41.7 Å². The van der Waals surface area contributed by atoms with E-state index >= 15 is 0 Å². The second-order valence-electron chi connectivity index (χ2n) is 5.96. The van der Waals surface area contributed by atoms with Crippen LogP contribution in [0.1, 0.15) is 25.3 Å². The SMILES string of the molecule is CCOC(=O)C1CC[NH+](CC(=O)Nc2ccc(Br)cc2C)CC1. The molecule has 2 rings (SSSR count). The summed E-state index contributed by atoms with van der Waals surface area (Å²) >= 11 is 3.42. The van der Waals surface area contributed by atoms with Crippen LogP contribution in [0.3, 0.4) is 0 Å². The zero-order valence-corrected chi connectivity index (χ0v) is 15.2. The van der Waals surface area contributed by atoms with Crippen molar-refractivity contribution in [3.8, 4) is 0 Å². The molecular formula is C17H24BrN2O3+. The van der Waals surface area contributed by atoms with Crippen LogP contribution in [0.15, 0.2) is 22.7 Å².